The van der Waals surface area contributed by atoms with Crippen molar-refractivity contribution in [2.75, 3.05) is 13.2 Å². The minimum Gasteiger partial charge on any atom is -0.347 e. The predicted octanol–water partition coefficient (Wildman–Crippen LogP) is 2.43. The largest absolute Gasteiger partial charge is 0.347 e. The van der Waals surface area contributed by atoms with Gasteiger partial charge in [0.15, 0.2) is 5.79 Å². The molecule has 0 amide bonds. The van der Waals surface area contributed by atoms with Crippen LogP contribution in [0.25, 0.3) is 0 Å². The monoisotopic (exact) mass is 224 g/mol. The maximum Gasteiger partial charge on any atom is 0.169 e. The third-order valence-electron chi connectivity index (χ3n) is 4.56. The molecule has 1 aliphatic heterocycles. The highest BCUT2D eigenvalue weighted by Crippen LogP contribution is 2.50. The van der Waals surface area contributed by atoms with Crippen molar-refractivity contribution in [1.82, 2.24) is 0 Å². The van der Waals surface area contributed by atoms with Gasteiger partial charge in [0.25, 0.3) is 0 Å². The summed E-state index contributed by atoms with van der Waals surface area (Å²) in [5, 5.41) is 0. The van der Waals surface area contributed by atoms with E-state index in [0.29, 0.717) is 25.4 Å². The molecule has 0 aromatic rings. The summed E-state index contributed by atoms with van der Waals surface area (Å²) < 4.78 is 11.6. The van der Waals surface area contributed by atoms with Crippen molar-refractivity contribution < 1.29 is 14.3 Å². The molecule has 3 aliphatic rings. The summed E-state index contributed by atoms with van der Waals surface area (Å²) in [5.74, 6) is 0.0718. The van der Waals surface area contributed by atoms with E-state index in [-0.39, 0.29) is 5.41 Å². The van der Waals surface area contributed by atoms with Crippen molar-refractivity contribution in [2.45, 2.75) is 57.2 Å². The summed E-state index contributed by atoms with van der Waals surface area (Å²) >= 11 is 0. The van der Waals surface area contributed by atoms with E-state index >= 15 is 0 Å². The fourth-order valence-corrected chi connectivity index (χ4v) is 3.70. The van der Waals surface area contributed by atoms with Gasteiger partial charge in [-0.15, -0.1) is 0 Å². The second-order valence-corrected chi connectivity index (χ2v) is 5.55. The molecule has 16 heavy (non-hydrogen) atoms. The molecule has 0 radical (unpaired) electrons. The Hall–Kier alpha value is -0.410. The van der Waals surface area contributed by atoms with Gasteiger partial charge in [-0.1, -0.05) is 19.3 Å². The average molecular weight is 224 g/mol. The minimum absolute atomic E-state index is 0.0964. The number of ether oxygens (including phenoxy) is 2. The number of carbonyl (C=O) groups excluding carboxylic acids is 1. The maximum absolute atomic E-state index is 12.2. The standard InChI is InChI=1S/C13H20O3/c14-11-4-7-13(15-8-9-16-13)10-12(11)5-2-1-3-6-12/h1-10H2. The molecule has 0 aromatic carbocycles. The number of hydrogen-bond acceptors (Lipinski definition) is 3. The van der Waals surface area contributed by atoms with Gasteiger partial charge in [-0.2, -0.15) is 0 Å². The van der Waals surface area contributed by atoms with Gasteiger partial charge >= 0.3 is 0 Å². The molecule has 0 aromatic heterocycles. The predicted molar refractivity (Wildman–Crippen MR) is 59.0 cm³/mol. The van der Waals surface area contributed by atoms with E-state index in [4.69, 9.17) is 9.47 Å². The molecule has 3 heteroatoms. The molecule has 3 nitrogen and oxygen atoms in total. The van der Waals surface area contributed by atoms with E-state index in [0.717, 1.165) is 25.7 Å². The lowest BCUT2D eigenvalue weighted by Gasteiger charge is -2.45. The Kier molecular flexibility index (Phi) is 2.55. The highest BCUT2D eigenvalue weighted by atomic mass is 16.7. The quantitative estimate of drug-likeness (QED) is 0.634. The van der Waals surface area contributed by atoms with Gasteiger partial charge in [0, 0.05) is 24.7 Å². The molecule has 2 saturated carbocycles. The molecule has 0 N–H and O–H groups in total. The molecule has 0 atom stereocenters. The van der Waals surface area contributed by atoms with Crippen molar-refractivity contribution >= 4 is 5.78 Å². The van der Waals surface area contributed by atoms with Crippen LogP contribution >= 0.6 is 0 Å². The van der Waals surface area contributed by atoms with Crippen LogP contribution in [0.2, 0.25) is 0 Å². The van der Waals surface area contributed by atoms with Gasteiger partial charge in [0.05, 0.1) is 13.2 Å². The topological polar surface area (TPSA) is 35.5 Å². The summed E-state index contributed by atoms with van der Waals surface area (Å²) in [4.78, 5) is 12.2. The van der Waals surface area contributed by atoms with Gasteiger partial charge in [-0.25, -0.2) is 0 Å². The Balaban J connectivity index is 1.82. The number of rotatable bonds is 0. The van der Waals surface area contributed by atoms with Crippen LogP contribution in [-0.4, -0.2) is 24.8 Å². The van der Waals surface area contributed by atoms with Crippen molar-refractivity contribution in [3.8, 4) is 0 Å². The molecule has 2 spiro atoms. The van der Waals surface area contributed by atoms with E-state index in [2.05, 4.69) is 0 Å². The SMILES string of the molecule is O=C1CCC2(CC13CCCCC3)OCCO2. The first-order valence-corrected chi connectivity index (χ1v) is 6.56. The van der Waals surface area contributed by atoms with Crippen molar-refractivity contribution in [3.63, 3.8) is 0 Å². The fraction of sp³-hybridized carbons (Fsp3) is 0.923. The van der Waals surface area contributed by atoms with E-state index in [1.165, 1.54) is 19.3 Å². The minimum atomic E-state index is -0.398. The van der Waals surface area contributed by atoms with Crippen LogP contribution in [0.5, 0.6) is 0 Å². The number of Topliss-reactive ketones (excluding diaryl/α,β-unsaturated/α-hetero) is 1. The van der Waals surface area contributed by atoms with Crippen LogP contribution in [-0.2, 0) is 14.3 Å². The molecule has 3 rings (SSSR count). The summed E-state index contributed by atoms with van der Waals surface area (Å²) in [6, 6.07) is 0. The Bertz CT molecular complexity index is 286. The van der Waals surface area contributed by atoms with Crippen LogP contribution in [0.15, 0.2) is 0 Å². The van der Waals surface area contributed by atoms with E-state index in [1.54, 1.807) is 0 Å². The molecule has 3 fully saturated rings. The number of ketones is 1. The highest BCUT2D eigenvalue weighted by molar-refractivity contribution is 5.86. The van der Waals surface area contributed by atoms with E-state index in [1.807, 2.05) is 0 Å². The molecular formula is C13H20O3. The van der Waals surface area contributed by atoms with E-state index in [9.17, 15) is 4.79 Å². The van der Waals surface area contributed by atoms with Crippen LogP contribution in [0.3, 0.4) is 0 Å². The van der Waals surface area contributed by atoms with Crippen LogP contribution in [0.1, 0.15) is 51.4 Å². The van der Waals surface area contributed by atoms with Crippen LogP contribution < -0.4 is 0 Å². The number of carbonyl (C=O) groups is 1. The first-order chi connectivity index (χ1) is 7.75. The lowest BCUT2D eigenvalue weighted by molar-refractivity contribution is -0.205. The molecule has 2 aliphatic carbocycles. The fourth-order valence-electron chi connectivity index (χ4n) is 3.70. The molecule has 0 unspecified atom stereocenters. The highest BCUT2D eigenvalue weighted by Gasteiger charge is 2.52. The molecular weight excluding hydrogens is 204 g/mol. The van der Waals surface area contributed by atoms with Gasteiger partial charge in [-0.3, -0.25) is 4.79 Å². The summed E-state index contributed by atoms with van der Waals surface area (Å²) in [6.45, 7) is 1.40. The van der Waals surface area contributed by atoms with Crippen molar-refractivity contribution in [3.05, 3.63) is 0 Å². The first kappa shape index (κ1) is 10.7. The Morgan fingerprint density at radius 2 is 1.62 bits per heavy atom. The summed E-state index contributed by atoms with van der Waals surface area (Å²) in [7, 11) is 0. The molecule has 90 valence electrons. The van der Waals surface area contributed by atoms with Crippen molar-refractivity contribution in [2.24, 2.45) is 5.41 Å². The summed E-state index contributed by atoms with van der Waals surface area (Å²) in [6.07, 6.45) is 8.03. The zero-order chi connectivity index (χ0) is 11.1. The lowest BCUT2D eigenvalue weighted by atomic mass is 9.63. The molecule has 1 saturated heterocycles. The Labute approximate surface area is 96.5 Å². The zero-order valence-electron chi connectivity index (χ0n) is 9.80. The van der Waals surface area contributed by atoms with Crippen molar-refractivity contribution in [1.29, 1.82) is 0 Å². The number of hydrogen-bond donors (Lipinski definition) is 0. The Morgan fingerprint density at radius 3 is 2.31 bits per heavy atom. The normalized spacial score (nSPS) is 32.4. The molecule has 0 bridgehead atoms. The van der Waals surface area contributed by atoms with Crippen LogP contribution in [0, 0.1) is 5.41 Å². The average Bonchev–Trinajstić information content (AvgIpc) is 2.74. The third kappa shape index (κ3) is 1.61. The second kappa shape index (κ2) is 3.81. The van der Waals surface area contributed by atoms with Gasteiger partial charge in [0.2, 0.25) is 0 Å². The van der Waals surface area contributed by atoms with Gasteiger partial charge < -0.3 is 9.47 Å². The maximum atomic E-state index is 12.2. The zero-order valence-corrected chi connectivity index (χ0v) is 9.80. The van der Waals surface area contributed by atoms with Gasteiger partial charge in [-0.05, 0) is 12.8 Å². The molecule has 1 heterocycles. The first-order valence-electron chi connectivity index (χ1n) is 6.56. The lowest BCUT2D eigenvalue weighted by Crippen LogP contribution is -2.48. The Morgan fingerprint density at radius 1 is 0.938 bits per heavy atom. The van der Waals surface area contributed by atoms with Gasteiger partial charge in [0.1, 0.15) is 5.78 Å². The second-order valence-electron chi connectivity index (χ2n) is 5.55. The van der Waals surface area contributed by atoms with Crippen LogP contribution in [0.4, 0.5) is 0 Å². The van der Waals surface area contributed by atoms with E-state index < -0.39 is 5.79 Å². The smallest absolute Gasteiger partial charge is 0.169 e. The summed E-state index contributed by atoms with van der Waals surface area (Å²) in [5.41, 5.74) is -0.0964. The third-order valence-corrected chi connectivity index (χ3v) is 4.56.